The van der Waals surface area contributed by atoms with E-state index >= 15 is 0 Å². The molecule has 0 spiro atoms. The second kappa shape index (κ2) is 13.0. The number of para-hydroxylation sites is 1. The third kappa shape index (κ3) is 6.85. The lowest BCUT2D eigenvalue weighted by Gasteiger charge is -2.33. The average Bonchev–Trinajstić information content (AvgIpc) is 2.96. The van der Waals surface area contributed by atoms with Crippen molar-refractivity contribution in [1.82, 2.24) is 10.2 Å². The highest BCUT2D eigenvalue weighted by Crippen LogP contribution is 2.27. The highest BCUT2D eigenvalue weighted by Gasteiger charge is 2.34. The molecule has 0 aromatic heterocycles. The Morgan fingerprint density at radius 1 is 0.875 bits per heavy atom. The molecule has 40 heavy (non-hydrogen) atoms. The molecule has 4 rings (SSSR count). The summed E-state index contributed by atoms with van der Waals surface area (Å²) in [7, 11) is -4.38. The Bertz CT molecular complexity index is 1430. The first-order valence-corrected chi connectivity index (χ1v) is 14.8. The Labute approximate surface area is 233 Å². The number of carbonyl (C=O) groups is 2. The number of hydrogen-bond donors (Lipinski definition) is 1. The third-order valence-corrected chi connectivity index (χ3v) is 8.92. The summed E-state index contributed by atoms with van der Waals surface area (Å²) in [6, 6.07) is 17.4. The van der Waals surface area contributed by atoms with Gasteiger partial charge in [-0.05, 0) is 50.1 Å². The van der Waals surface area contributed by atoms with E-state index in [2.05, 4.69) is 5.32 Å². The van der Waals surface area contributed by atoms with Crippen molar-refractivity contribution < 1.29 is 26.8 Å². The first kappa shape index (κ1) is 29.2. The molecule has 1 fully saturated rings. The van der Waals surface area contributed by atoms with E-state index in [9.17, 15) is 26.8 Å². The molecule has 1 aliphatic carbocycles. The summed E-state index contributed by atoms with van der Waals surface area (Å²) in [6.07, 6.45) is 4.74. The highest BCUT2D eigenvalue weighted by atomic mass is 32.2. The number of halogens is 2. The van der Waals surface area contributed by atoms with Crippen molar-refractivity contribution in [3.05, 3.63) is 96.1 Å². The molecule has 10 heteroatoms. The maximum Gasteiger partial charge on any atom is 0.264 e. The predicted molar refractivity (Wildman–Crippen MR) is 149 cm³/mol. The van der Waals surface area contributed by atoms with Crippen LogP contribution < -0.4 is 9.62 Å². The van der Waals surface area contributed by atoms with Crippen LogP contribution in [0.3, 0.4) is 0 Å². The molecule has 1 atom stereocenters. The zero-order valence-corrected chi connectivity index (χ0v) is 23.1. The molecular weight excluding hydrogens is 536 g/mol. The molecule has 3 aromatic carbocycles. The number of hydrogen-bond acceptors (Lipinski definition) is 4. The van der Waals surface area contributed by atoms with E-state index in [1.807, 2.05) is 0 Å². The molecule has 3 aromatic rings. The fourth-order valence-corrected chi connectivity index (χ4v) is 6.29. The van der Waals surface area contributed by atoms with Gasteiger partial charge >= 0.3 is 0 Å². The van der Waals surface area contributed by atoms with E-state index in [1.165, 1.54) is 67.6 Å². The van der Waals surface area contributed by atoms with Crippen LogP contribution in [0.15, 0.2) is 83.8 Å². The number of carbonyl (C=O) groups excluding carboxylic acids is 2. The maximum absolute atomic E-state index is 14.9. The van der Waals surface area contributed by atoms with Gasteiger partial charge in [-0.2, -0.15) is 0 Å². The minimum Gasteiger partial charge on any atom is -0.352 e. The quantitative estimate of drug-likeness (QED) is 0.371. The summed E-state index contributed by atoms with van der Waals surface area (Å²) < 4.78 is 57.6. The van der Waals surface area contributed by atoms with Crippen LogP contribution in [0.4, 0.5) is 14.5 Å². The number of amides is 2. The number of sulfonamides is 1. The SMILES string of the molecule is C[C@@H](C(=O)NC1CCCCC1)N(Cc1ccccc1F)C(=O)CN(c1ccccc1F)S(=O)(=O)c1ccccc1. The first-order valence-electron chi connectivity index (χ1n) is 13.3. The third-order valence-electron chi connectivity index (χ3n) is 7.15. The zero-order chi connectivity index (χ0) is 28.7. The summed E-state index contributed by atoms with van der Waals surface area (Å²) in [4.78, 5) is 28.1. The molecule has 1 N–H and O–H groups in total. The summed E-state index contributed by atoms with van der Waals surface area (Å²) in [5, 5.41) is 2.99. The van der Waals surface area contributed by atoms with Crippen LogP contribution in [-0.2, 0) is 26.2 Å². The molecule has 212 valence electrons. The Balaban J connectivity index is 1.68. The standard InChI is InChI=1S/C30H33F2N3O4S/c1-22(30(37)33-24-13-4-2-5-14-24)34(20-23-12-8-9-17-26(23)31)29(36)21-35(28-19-11-10-18-27(28)32)40(38,39)25-15-6-3-7-16-25/h3,6-12,15-19,22,24H,2,4-5,13-14,20-21H2,1H3,(H,33,37)/t22-/m0/s1. The van der Waals surface area contributed by atoms with Crippen molar-refractivity contribution in [2.24, 2.45) is 0 Å². The predicted octanol–water partition coefficient (Wildman–Crippen LogP) is 5.03. The second-order valence-corrected chi connectivity index (χ2v) is 11.8. The minimum atomic E-state index is -4.38. The van der Waals surface area contributed by atoms with E-state index in [-0.39, 0.29) is 28.7 Å². The van der Waals surface area contributed by atoms with Crippen molar-refractivity contribution in [2.45, 2.75) is 62.6 Å². The zero-order valence-electron chi connectivity index (χ0n) is 22.3. The highest BCUT2D eigenvalue weighted by molar-refractivity contribution is 7.92. The van der Waals surface area contributed by atoms with Gasteiger partial charge in [0, 0.05) is 18.2 Å². The van der Waals surface area contributed by atoms with Crippen LogP contribution >= 0.6 is 0 Å². The first-order chi connectivity index (χ1) is 19.2. The van der Waals surface area contributed by atoms with Crippen molar-refractivity contribution in [3.8, 4) is 0 Å². The number of nitrogens with zero attached hydrogens (tertiary/aromatic N) is 2. The lowest BCUT2D eigenvalue weighted by molar-refractivity contribution is -0.139. The molecule has 0 heterocycles. The van der Waals surface area contributed by atoms with Gasteiger partial charge in [0.05, 0.1) is 10.6 Å². The molecule has 7 nitrogen and oxygen atoms in total. The number of anilines is 1. The summed E-state index contributed by atoms with van der Waals surface area (Å²) in [5.41, 5.74) is -0.152. The Kier molecular flexibility index (Phi) is 9.52. The van der Waals surface area contributed by atoms with Crippen LogP contribution in [0.2, 0.25) is 0 Å². The molecule has 1 saturated carbocycles. The topological polar surface area (TPSA) is 86.8 Å². The molecule has 0 unspecified atom stereocenters. The molecular formula is C30H33F2N3O4S. The molecule has 2 amide bonds. The molecule has 0 bridgehead atoms. The van der Waals surface area contributed by atoms with Crippen molar-refractivity contribution in [2.75, 3.05) is 10.8 Å². The monoisotopic (exact) mass is 569 g/mol. The average molecular weight is 570 g/mol. The van der Waals surface area contributed by atoms with Crippen LogP contribution in [0.5, 0.6) is 0 Å². The van der Waals surface area contributed by atoms with Gasteiger partial charge in [0.15, 0.2) is 0 Å². The van der Waals surface area contributed by atoms with Crippen LogP contribution in [0, 0.1) is 11.6 Å². The second-order valence-electron chi connectivity index (χ2n) is 9.91. The Morgan fingerprint density at radius 3 is 2.12 bits per heavy atom. The lowest BCUT2D eigenvalue weighted by atomic mass is 9.95. The van der Waals surface area contributed by atoms with Gasteiger partial charge in [-0.25, -0.2) is 17.2 Å². The lowest BCUT2D eigenvalue weighted by Crippen LogP contribution is -2.53. The molecule has 0 saturated heterocycles. The van der Waals surface area contributed by atoms with Crippen molar-refractivity contribution in [1.29, 1.82) is 0 Å². The fraction of sp³-hybridized carbons (Fsp3) is 0.333. The fourth-order valence-electron chi connectivity index (χ4n) is 4.85. The van der Waals surface area contributed by atoms with E-state index in [1.54, 1.807) is 12.1 Å². The maximum atomic E-state index is 14.9. The van der Waals surface area contributed by atoms with Gasteiger partial charge in [-0.1, -0.05) is 67.8 Å². The van der Waals surface area contributed by atoms with Gasteiger partial charge in [-0.15, -0.1) is 0 Å². The van der Waals surface area contributed by atoms with Crippen LogP contribution in [0.1, 0.15) is 44.6 Å². The summed E-state index contributed by atoms with van der Waals surface area (Å²) >= 11 is 0. The van der Waals surface area contributed by atoms with Crippen LogP contribution in [0.25, 0.3) is 0 Å². The summed E-state index contributed by atoms with van der Waals surface area (Å²) in [5.74, 6) is -2.60. The molecule has 0 aliphatic heterocycles. The van der Waals surface area contributed by atoms with Crippen LogP contribution in [-0.4, -0.2) is 43.8 Å². The number of nitrogens with one attached hydrogen (secondary N) is 1. The van der Waals surface area contributed by atoms with Gasteiger partial charge in [0.1, 0.15) is 24.2 Å². The Morgan fingerprint density at radius 2 is 1.48 bits per heavy atom. The van der Waals surface area contributed by atoms with Crippen molar-refractivity contribution >= 4 is 27.5 Å². The molecule has 0 radical (unpaired) electrons. The normalized spacial score (nSPS) is 14.8. The summed E-state index contributed by atoms with van der Waals surface area (Å²) in [6.45, 7) is 0.449. The van der Waals surface area contributed by atoms with Gasteiger partial charge in [0.25, 0.3) is 10.0 Å². The van der Waals surface area contributed by atoms with Gasteiger partial charge < -0.3 is 10.2 Å². The minimum absolute atomic E-state index is 0.0255. The number of rotatable bonds is 10. The van der Waals surface area contributed by atoms with Crippen molar-refractivity contribution in [3.63, 3.8) is 0 Å². The van der Waals surface area contributed by atoms with E-state index < -0.39 is 46.1 Å². The van der Waals surface area contributed by atoms with E-state index in [4.69, 9.17) is 0 Å². The molecule has 1 aliphatic rings. The number of benzene rings is 3. The van der Waals surface area contributed by atoms with Gasteiger partial charge in [-0.3, -0.25) is 13.9 Å². The van der Waals surface area contributed by atoms with E-state index in [0.29, 0.717) is 4.31 Å². The Hall–Kier alpha value is -3.79. The largest absolute Gasteiger partial charge is 0.352 e. The van der Waals surface area contributed by atoms with Gasteiger partial charge in [0.2, 0.25) is 11.8 Å². The smallest absolute Gasteiger partial charge is 0.264 e. The van der Waals surface area contributed by atoms with E-state index in [0.717, 1.165) is 43.1 Å².